The number of alkyl carbamates (subject to hydrolysis) is 1. The maximum absolute atomic E-state index is 12.0. The molecule has 1 aromatic rings. The number of halogens is 1. The van der Waals surface area contributed by atoms with Crippen LogP contribution in [0.1, 0.15) is 32.8 Å². The molecule has 0 fully saturated rings. The number of carbonyl (C=O) groups excluding carboxylic acids is 2. The second-order valence-electron chi connectivity index (χ2n) is 5.99. The fourth-order valence-electron chi connectivity index (χ4n) is 2.16. The molecule has 0 saturated heterocycles. The Labute approximate surface area is 148 Å². The predicted molar refractivity (Wildman–Crippen MR) is 96.6 cm³/mol. The topological polar surface area (TPSA) is 79.5 Å². The summed E-state index contributed by atoms with van der Waals surface area (Å²) >= 11 is 6.04. The van der Waals surface area contributed by atoms with Crippen molar-refractivity contribution in [3.8, 4) is 0 Å². The number of carbonyl (C=O) groups is 2. The van der Waals surface area contributed by atoms with Crippen LogP contribution in [0.5, 0.6) is 0 Å². The van der Waals surface area contributed by atoms with Crippen LogP contribution in [0.4, 0.5) is 15.3 Å². The van der Waals surface area contributed by atoms with E-state index >= 15 is 0 Å². The molecule has 0 bridgehead atoms. The zero-order valence-electron chi connectivity index (χ0n) is 14.6. The van der Waals surface area contributed by atoms with Crippen LogP contribution < -0.4 is 16.0 Å². The largest absolute Gasteiger partial charge is 0.450 e. The van der Waals surface area contributed by atoms with Gasteiger partial charge >= 0.3 is 12.1 Å². The summed E-state index contributed by atoms with van der Waals surface area (Å²) in [5.41, 5.74) is 1.56. The maximum Gasteiger partial charge on any atom is 0.407 e. The molecule has 1 unspecified atom stereocenters. The third-order valence-electron chi connectivity index (χ3n) is 3.29. The van der Waals surface area contributed by atoms with E-state index in [0.29, 0.717) is 29.8 Å². The second-order valence-corrected chi connectivity index (χ2v) is 6.40. The van der Waals surface area contributed by atoms with Crippen molar-refractivity contribution in [2.75, 3.05) is 18.5 Å². The standard InChI is InChI=1S/C17H26ClN3O3/c1-5-24-17(23)21-14(8-11(2)3)10-19-16(22)20-13-7-6-12(4)15(18)9-13/h6-7,9,11,14H,5,8,10H2,1-4H3,(H,21,23)(H2,19,20,22). The van der Waals surface area contributed by atoms with Crippen LogP contribution in [0.3, 0.4) is 0 Å². The molecule has 6 nitrogen and oxygen atoms in total. The van der Waals surface area contributed by atoms with Crippen molar-refractivity contribution < 1.29 is 14.3 Å². The van der Waals surface area contributed by atoms with Gasteiger partial charge in [0.15, 0.2) is 0 Å². The molecule has 0 heterocycles. The summed E-state index contributed by atoms with van der Waals surface area (Å²) in [5.74, 6) is 0.373. The number of urea groups is 1. The van der Waals surface area contributed by atoms with Crippen molar-refractivity contribution in [2.45, 2.75) is 40.2 Å². The van der Waals surface area contributed by atoms with Crippen LogP contribution >= 0.6 is 11.6 Å². The highest BCUT2D eigenvalue weighted by Gasteiger charge is 2.16. The van der Waals surface area contributed by atoms with E-state index in [9.17, 15) is 9.59 Å². The van der Waals surface area contributed by atoms with Crippen molar-refractivity contribution in [2.24, 2.45) is 5.92 Å². The zero-order chi connectivity index (χ0) is 18.1. The van der Waals surface area contributed by atoms with Crippen LogP contribution in [0, 0.1) is 12.8 Å². The van der Waals surface area contributed by atoms with Crippen molar-refractivity contribution in [3.63, 3.8) is 0 Å². The normalized spacial score (nSPS) is 11.8. The Hall–Kier alpha value is -1.95. The van der Waals surface area contributed by atoms with Crippen LogP contribution in [0.25, 0.3) is 0 Å². The molecular formula is C17H26ClN3O3. The van der Waals surface area contributed by atoms with E-state index in [1.54, 1.807) is 19.1 Å². The highest BCUT2D eigenvalue weighted by Crippen LogP contribution is 2.19. The second kappa shape index (κ2) is 10.0. The molecule has 1 aromatic carbocycles. The van der Waals surface area contributed by atoms with Crippen LogP contribution in [-0.2, 0) is 4.74 Å². The Morgan fingerprint density at radius 3 is 2.58 bits per heavy atom. The van der Waals surface area contributed by atoms with Crippen LogP contribution in [-0.4, -0.2) is 31.3 Å². The molecule has 0 saturated carbocycles. The first kappa shape index (κ1) is 20.1. The van der Waals surface area contributed by atoms with Gasteiger partial charge in [0.2, 0.25) is 0 Å². The van der Waals surface area contributed by atoms with Crippen LogP contribution in [0.2, 0.25) is 5.02 Å². The molecule has 3 N–H and O–H groups in total. The lowest BCUT2D eigenvalue weighted by Crippen LogP contribution is -2.45. The average molecular weight is 356 g/mol. The predicted octanol–water partition coefficient (Wildman–Crippen LogP) is 3.93. The van der Waals surface area contributed by atoms with E-state index in [2.05, 4.69) is 16.0 Å². The third-order valence-corrected chi connectivity index (χ3v) is 3.70. The first-order valence-corrected chi connectivity index (χ1v) is 8.43. The average Bonchev–Trinajstić information content (AvgIpc) is 2.48. The highest BCUT2D eigenvalue weighted by molar-refractivity contribution is 6.31. The molecule has 0 aliphatic rings. The van der Waals surface area contributed by atoms with E-state index in [4.69, 9.17) is 16.3 Å². The number of hydrogen-bond acceptors (Lipinski definition) is 3. The molecule has 0 aromatic heterocycles. The Balaban J connectivity index is 2.53. The van der Waals surface area contributed by atoms with Gasteiger partial charge in [0.25, 0.3) is 0 Å². The quantitative estimate of drug-likeness (QED) is 0.693. The minimum Gasteiger partial charge on any atom is -0.450 e. The summed E-state index contributed by atoms with van der Waals surface area (Å²) in [6.07, 6.45) is 0.255. The molecule has 0 aliphatic heterocycles. The van der Waals surface area contributed by atoms with Gasteiger partial charge in [0.1, 0.15) is 0 Å². The molecule has 134 valence electrons. The summed E-state index contributed by atoms with van der Waals surface area (Å²) in [7, 11) is 0. The van der Waals surface area contributed by atoms with Gasteiger partial charge in [-0.2, -0.15) is 0 Å². The van der Waals surface area contributed by atoms with Gasteiger partial charge in [0.05, 0.1) is 6.61 Å². The SMILES string of the molecule is CCOC(=O)NC(CNC(=O)Nc1ccc(C)c(Cl)c1)CC(C)C. The van der Waals surface area contributed by atoms with Crippen LogP contribution in [0.15, 0.2) is 18.2 Å². The Morgan fingerprint density at radius 1 is 1.29 bits per heavy atom. The minimum absolute atomic E-state index is 0.198. The Kier molecular flexibility index (Phi) is 8.40. The molecule has 3 amide bonds. The van der Waals surface area contributed by atoms with E-state index in [-0.39, 0.29) is 12.1 Å². The Morgan fingerprint density at radius 2 is 2.00 bits per heavy atom. The maximum atomic E-state index is 12.0. The minimum atomic E-state index is -0.476. The number of aryl methyl sites for hydroxylation is 1. The summed E-state index contributed by atoms with van der Waals surface area (Å²) in [4.78, 5) is 23.6. The third kappa shape index (κ3) is 7.55. The first-order valence-electron chi connectivity index (χ1n) is 8.06. The van der Waals surface area contributed by atoms with Gasteiger partial charge in [-0.05, 0) is 43.9 Å². The number of rotatable bonds is 7. The lowest BCUT2D eigenvalue weighted by Gasteiger charge is -2.21. The van der Waals surface area contributed by atoms with E-state index < -0.39 is 6.09 Å². The summed E-state index contributed by atoms with van der Waals surface area (Å²) in [6.45, 7) is 8.35. The Bertz CT molecular complexity index is 564. The number of hydrogen-bond donors (Lipinski definition) is 3. The van der Waals surface area contributed by atoms with Gasteiger partial charge < -0.3 is 20.7 Å². The molecule has 1 rings (SSSR count). The molecule has 0 spiro atoms. The summed E-state index contributed by atoms with van der Waals surface area (Å²) in [5, 5.41) is 8.83. The lowest BCUT2D eigenvalue weighted by atomic mass is 10.0. The van der Waals surface area contributed by atoms with Gasteiger partial charge in [-0.3, -0.25) is 0 Å². The van der Waals surface area contributed by atoms with E-state index in [0.717, 1.165) is 12.0 Å². The van der Waals surface area contributed by atoms with Gasteiger partial charge in [-0.25, -0.2) is 9.59 Å². The molecular weight excluding hydrogens is 330 g/mol. The number of benzene rings is 1. The van der Waals surface area contributed by atoms with Gasteiger partial charge in [0, 0.05) is 23.3 Å². The van der Waals surface area contributed by atoms with E-state index in [1.807, 2.05) is 26.8 Å². The highest BCUT2D eigenvalue weighted by atomic mass is 35.5. The summed E-state index contributed by atoms with van der Waals surface area (Å²) < 4.78 is 4.89. The number of ether oxygens (including phenoxy) is 1. The van der Waals surface area contributed by atoms with Crippen molar-refractivity contribution in [1.29, 1.82) is 0 Å². The summed E-state index contributed by atoms with van der Waals surface area (Å²) in [6, 6.07) is 4.76. The van der Waals surface area contributed by atoms with Crippen molar-refractivity contribution in [1.82, 2.24) is 10.6 Å². The molecule has 7 heteroatoms. The molecule has 0 radical (unpaired) electrons. The fraction of sp³-hybridized carbons (Fsp3) is 0.529. The van der Waals surface area contributed by atoms with E-state index in [1.165, 1.54) is 0 Å². The first-order chi connectivity index (χ1) is 11.3. The number of nitrogens with one attached hydrogen (secondary N) is 3. The molecule has 24 heavy (non-hydrogen) atoms. The number of amides is 3. The zero-order valence-corrected chi connectivity index (χ0v) is 15.4. The van der Waals surface area contributed by atoms with Gasteiger partial charge in [-0.15, -0.1) is 0 Å². The van der Waals surface area contributed by atoms with Gasteiger partial charge in [-0.1, -0.05) is 31.5 Å². The lowest BCUT2D eigenvalue weighted by molar-refractivity contribution is 0.146. The monoisotopic (exact) mass is 355 g/mol. The number of anilines is 1. The fourth-order valence-corrected chi connectivity index (χ4v) is 2.34. The molecule has 1 atom stereocenters. The van der Waals surface area contributed by atoms with Crippen molar-refractivity contribution in [3.05, 3.63) is 28.8 Å². The smallest absolute Gasteiger partial charge is 0.407 e. The van der Waals surface area contributed by atoms with Crippen molar-refractivity contribution >= 4 is 29.4 Å². The molecule has 0 aliphatic carbocycles.